The van der Waals surface area contributed by atoms with Gasteiger partial charge in [0.1, 0.15) is 0 Å². The van der Waals surface area contributed by atoms with Gasteiger partial charge in [0.05, 0.1) is 30.1 Å². The van der Waals surface area contributed by atoms with Gasteiger partial charge in [-0.25, -0.2) is 9.50 Å². The van der Waals surface area contributed by atoms with Gasteiger partial charge in [0, 0.05) is 36.5 Å². The van der Waals surface area contributed by atoms with Crippen molar-refractivity contribution < 1.29 is 9.84 Å². The molecule has 3 aromatic rings. The van der Waals surface area contributed by atoms with Gasteiger partial charge in [-0.1, -0.05) is 0 Å². The van der Waals surface area contributed by atoms with E-state index in [0.29, 0.717) is 18.5 Å². The second kappa shape index (κ2) is 8.47. The van der Waals surface area contributed by atoms with Crippen molar-refractivity contribution in [3.8, 4) is 11.3 Å². The minimum Gasteiger partial charge on any atom is -0.393 e. The second-order valence-electron chi connectivity index (χ2n) is 8.09. The van der Waals surface area contributed by atoms with E-state index in [1.54, 1.807) is 7.11 Å². The molecule has 0 bridgehead atoms. The number of aromatic nitrogens is 4. The highest BCUT2D eigenvalue weighted by atomic mass is 16.5. The lowest BCUT2D eigenvalue weighted by Crippen LogP contribution is -2.23. The fourth-order valence-electron chi connectivity index (χ4n) is 4.14. The number of anilines is 1. The lowest BCUT2D eigenvalue weighted by Gasteiger charge is -2.25. The summed E-state index contributed by atoms with van der Waals surface area (Å²) in [5, 5.41) is 18.0. The fourth-order valence-corrected chi connectivity index (χ4v) is 4.14. The fraction of sp³-hybridized carbons (Fsp3) is 0.500. The van der Waals surface area contributed by atoms with Gasteiger partial charge in [-0.15, -0.1) is 5.10 Å². The van der Waals surface area contributed by atoms with E-state index in [1.165, 1.54) is 5.56 Å². The Morgan fingerprint density at radius 1 is 1.24 bits per heavy atom. The molecule has 7 heteroatoms. The molecule has 7 nitrogen and oxygen atoms in total. The van der Waals surface area contributed by atoms with E-state index in [0.717, 1.165) is 48.2 Å². The highest BCUT2D eigenvalue weighted by Crippen LogP contribution is 2.37. The average molecular weight is 396 g/mol. The number of ether oxygens (including phenoxy) is 1. The van der Waals surface area contributed by atoms with Gasteiger partial charge in [-0.2, -0.15) is 0 Å². The topological polar surface area (TPSA) is 84.6 Å². The molecule has 1 aliphatic carbocycles. The lowest BCUT2D eigenvalue weighted by molar-refractivity contribution is 0.121. The van der Waals surface area contributed by atoms with Crippen molar-refractivity contribution in [3.63, 3.8) is 0 Å². The van der Waals surface area contributed by atoms with Crippen LogP contribution in [0.15, 0.2) is 30.6 Å². The number of fused-ring (bicyclic) bond motifs is 1. The number of rotatable bonds is 6. The van der Waals surface area contributed by atoms with Gasteiger partial charge in [0.2, 0.25) is 5.95 Å². The molecule has 3 heterocycles. The zero-order valence-electron chi connectivity index (χ0n) is 17.3. The molecule has 0 saturated heterocycles. The zero-order valence-corrected chi connectivity index (χ0v) is 17.3. The Bertz CT molecular complexity index is 978. The lowest BCUT2D eigenvalue weighted by atomic mass is 9.85. The third-order valence-electron chi connectivity index (χ3n) is 5.64. The maximum Gasteiger partial charge on any atom is 0.241 e. The third kappa shape index (κ3) is 4.26. The van der Waals surface area contributed by atoms with Crippen molar-refractivity contribution >= 4 is 11.5 Å². The predicted molar refractivity (Wildman–Crippen MR) is 113 cm³/mol. The Morgan fingerprint density at radius 2 is 2.03 bits per heavy atom. The predicted octanol–water partition coefficient (Wildman–Crippen LogP) is 3.57. The molecule has 3 aromatic heterocycles. The molecular weight excluding hydrogens is 366 g/mol. The van der Waals surface area contributed by atoms with E-state index in [9.17, 15) is 5.11 Å². The molecule has 0 spiro atoms. The van der Waals surface area contributed by atoms with Gasteiger partial charge in [-0.05, 0) is 63.3 Å². The van der Waals surface area contributed by atoms with Crippen molar-refractivity contribution in [2.75, 3.05) is 19.0 Å². The van der Waals surface area contributed by atoms with Crippen LogP contribution in [0.1, 0.15) is 49.8 Å². The molecule has 29 heavy (non-hydrogen) atoms. The first-order chi connectivity index (χ1) is 14.0. The van der Waals surface area contributed by atoms with Crippen LogP contribution in [0.5, 0.6) is 0 Å². The van der Waals surface area contributed by atoms with Gasteiger partial charge in [0.25, 0.3) is 0 Å². The molecular formula is C22H29N5O2. The number of nitrogens with zero attached hydrogens (tertiary/aromatic N) is 4. The number of nitrogens with one attached hydrogen (secondary N) is 1. The van der Waals surface area contributed by atoms with Crippen LogP contribution in [0.2, 0.25) is 0 Å². The summed E-state index contributed by atoms with van der Waals surface area (Å²) in [4.78, 5) is 9.13. The Labute approximate surface area is 171 Å². The number of hydrogen-bond donors (Lipinski definition) is 2. The molecule has 0 unspecified atom stereocenters. The average Bonchev–Trinajstić information content (AvgIpc) is 3.08. The monoisotopic (exact) mass is 395 g/mol. The summed E-state index contributed by atoms with van der Waals surface area (Å²) < 4.78 is 7.22. The highest BCUT2D eigenvalue weighted by Gasteiger charge is 2.26. The molecule has 1 aliphatic rings. The smallest absolute Gasteiger partial charge is 0.241 e. The van der Waals surface area contributed by atoms with Crippen LogP contribution in [0.25, 0.3) is 16.8 Å². The number of aliphatic hydroxyl groups excluding tert-OH is 1. The molecule has 1 atom stereocenters. The minimum absolute atomic E-state index is 0.110. The summed E-state index contributed by atoms with van der Waals surface area (Å²) in [6.45, 7) is 4.69. The van der Waals surface area contributed by atoms with Crippen LogP contribution in [0.3, 0.4) is 0 Å². The van der Waals surface area contributed by atoms with Gasteiger partial charge >= 0.3 is 0 Å². The SMILES string of the molecule is COC[C@H](C)Nc1ncc2c(-c3cc(C)ccn3)cc([C@H]3CC[C@H](O)CC3)n2n1. The summed E-state index contributed by atoms with van der Waals surface area (Å²) in [6, 6.07) is 6.41. The van der Waals surface area contributed by atoms with Crippen molar-refractivity contribution in [3.05, 3.63) is 41.9 Å². The number of pyridine rings is 1. The van der Waals surface area contributed by atoms with Crippen molar-refractivity contribution in [2.45, 2.75) is 57.6 Å². The number of aliphatic hydroxyl groups is 1. The Balaban J connectivity index is 1.78. The molecule has 0 radical (unpaired) electrons. The van der Waals surface area contributed by atoms with Crippen molar-refractivity contribution in [2.24, 2.45) is 0 Å². The Kier molecular flexibility index (Phi) is 5.78. The molecule has 0 amide bonds. The first kappa shape index (κ1) is 19.8. The minimum atomic E-state index is -0.183. The van der Waals surface area contributed by atoms with Crippen molar-refractivity contribution in [1.82, 2.24) is 19.6 Å². The summed E-state index contributed by atoms with van der Waals surface area (Å²) in [7, 11) is 1.69. The highest BCUT2D eigenvalue weighted by molar-refractivity contribution is 5.79. The van der Waals surface area contributed by atoms with Crippen LogP contribution in [0, 0.1) is 6.92 Å². The maximum absolute atomic E-state index is 9.93. The molecule has 0 aliphatic heterocycles. The van der Waals surface area contributed by atoms with Gasteiger partial charge in [0.15, 0.2) is 0 Å². The number of hydrogen-bond acceptors (Lipinski definition) is 6. The van der Waals surface area contributed by atoms with Crippen LogP contribution in [-0.2, 0) is 4.74 Å². The first-order valence-corrected chi connectivity index (χ1v) is 10.3. The van der Waals surface area contributed by atoms with Crippen LogP contribution < -0.4 is 5.32 Å². The van der Waals surface area contributed by atoms with Crippen LogP contribution in [0.4, 0.5) is 5.95 Å². The zero-order chi connectivity index (χ0) is 20.4. The van der Waals surface area contributed by atoms with Crippen LogP contribution in [-0.4, -0.2) is 50.6 Å². The van der Waals surface area contributed by atoms with Crippen LogP contribution >= 0.6 is 0 Å². The van der Waals surface area contributed by atoms with E-state index < -0.39 is 0 Å². The summed E-state index contributed by atoms with van der Waals surface area (Å²) in [5.41, 5.74) is 5.27. The molecule has 1 saturated carbocycles. The molecule has 2 N–H and O–H groups in total. The summed E-state index contributed by atoms with van der Waals surface area (Å²) in [5.74, 6) is 0.946. The van der Waals surface area contributed by atoms with E-state index in [2.05, 4.69) is 34.3 Å². The molecule has 4 rings (SSSR count). The normalized spacial score (nSPS) is 20.7. The number of methoxy groups -OCH3 is 1. The maximum atomic E-state index is 9.93. The summed E-state index contributed by atoms with van der Waals surface area (Å²) in [6.07, 6.45) is 7.11. The Hall–Kier alpha value is -2.51. The number of aryl methyl sites for hydroxylation is 1. The van der Waals surface area contributed by atoms with E-state index in [-0.39, 0.29) is 12.1 Å². The third-order valence-corrected chi connectivity index (χ3v) is 5.64. The van der Waals surface area contributed by atoms with Gasteiger partial charge < -0.3 is 15.2 Å². The quantitative estimate of drug-likeness (QED) is 0.664. The van der Waals surface area contributed by atoms with Crippen molar-refractivity contribution in [1.29, 1.82) is 0 Å². The summed E-state index contributed by atoms with van der Waals surface area (Å²) >= 11 is 0. The van der Waals surface area contributed by atoms with E-state index in [4.69, 9.17) is 9.84 Å². The van der Waals surface area contributed by atoms with Gasteiger partial charge in [-0.3, -0.25) is 4.98 Å². The Morgan fingerprint density at radius 3 is 2.76 bits per heavy atom. The second-order valence-corrected chi connectivity index (χ2v) is 8.09. The standard InChI is InChI=1S/C22H29N5O2/c1-14-8-9-23-19(10-14)18-11-20(16-4-6-17(28)7-5-16)27-21(18)12-24-22(26-27)25-15(2)13-29-3/h8-12,15-17,28H,4-7,13H2,1-3H3,(H,25,26)/t15-,16-,17-/m0/s1. The first-order valence-electron chi connectivity index (χ1n) is 10.3. The molecule has 1 fully saturated rings. The molecule has 0 aromatic carbocycles. The van der Waals surface area contributed by atoms with E-state index >= 15 is 0 Å². The molecule has 154 valence electrons. The largest absolute Gasteiger partial charge is 0.393 e. The van der Waals surface area contributed by atoms with E-state index in [1.807, 2.05) is 29.9 Å².